The van der Waals surface area contributed by atoms with Gasteiger partial charge in [-0.1, -0.05) is 29.8 Å². The van der Waals surface area contributed by atoms with Crippen LogP contribution in [0, 0.1) is 6.92 Å². The summed E-state index contributed by atoms with van der Waals surface area (Å²) in [6.07, 6.45) is 1.86. The van der Waals surface area contributed by atoms with E-state index in [1.54, 1.807) is 11.9 Å². The Bertz CT molecular complexity index is 692. The molecule has 1 aromatic carbocycles. The zero-order valence-corrected chi connectivity index (χ0v) is 11.4. The maximum absolute atomic E-state index is 6.27. The second-order valence-electron chi connectivity index (χ2n) is 4.09. The van der Waals surface area contributed by atoms with E-state index in [9.17, 15) is 0 Å². The molecule has 0 amide bonds. The first kappa shape index (κ1) is 11.6. The summed E-state index contributed by atoms with van der Waals surface area (Å²) < 4.78 is 1.95. The highest BCUT2D eigenvalue weighted by Crippen LogP contribution is 2.31. The predicted octanol–water partition coefficient (Wildman–Crippen LogP) is 4.55. The molecule has 4 heteroatoms. The first-order valence-corrected chi connectivity index (χ1v) is 6.76. The van der Waals surface area contributed by atoms with Crippen molar-refractivity contribution in [2.75, 3.05) is 0 Å². The van der Waals surface area contributed by atoms with Crippen molar-refractivity contribution in [3.05, 3.63) is 59.4 Å². The number of nitrogens with zero attached hydrogens (tertiary/aromatic N) is 2. The molecule has 0 saturated heterocycles. The van der Waals surface area contributed by atoms with Crippen molar-refractivity contribution < 1.29 is 0 Å². The molecule has 2 nitrogen and oxygen atoms in total. The maximum atomic E-state index is 6.27. The highest BCUT2D eigenvalue weighted by Gasteiger charge is 2.09. The van der Waals surface area contributed by atoms with Gasteiger partial charge in [0.15, 0.2) is 5.65 Å². The molecule has 0 N–H and O–H groups in total. The van der Waals surface area contributed by atoms with Crippen molar-refractivity contribution in [2.45, 2.75) is 11.8 Å². The van der Waals surface area contributed by atoms with Gasteiger partial charge in [-0.2, -0.15) is 0 Å². The van der Waals surface area contributed by atoms with Crippen LogP contribution >= 0.6 is 23.5 Å². The Morgan fingerprint density at radius 3 is 2.72 bits per heavy atom. The topological polar surface area (TPSA) is 17.8 Å². The number of fused-ring (bicyclic) bond motifs is 1. The van der Waals surface area contributed by atoms with Crippen LogP contribution in [0.1, 0.15) is 5.56 Å². The van der Waals surface area contributed by atoms with Crippen LogP contribution in [-0.4, -0.2) is 8.96 Å². The van der Waals surface area contributed by atoms with Gasteiger partial charge in [-0.3, -0.25) is 3.97 Å². The van der Waals surface area contributed by atoms with Crippen molar-refractivity contribution in [1.82, 2.24) is 8.96 Å². The van der Waals surface area contributed by atoms with Gasteiger partial charge in [0.1, 0.15) is 5.15 Å². The smallest absolute Gasteiger partial charge is 0.151 e. The minimum Gasteiger partial charge on any atom is -0.252 e. The van der Waals surface area contributed by atoms with E-state index >= 15 is 0 Å². The van der Waals surface area contributed by atoms with Crippen LogP contribution in [0.5, 0.6) is 0 Å². The van der Waals surface area contributed by atoms with Crippen molar-refractivity contribution >= 4 is 34.6 Å². The first-order chi connectivity index (χ1) is 8.74. The third kappa shape index (κ3) is 2.11. The molecule has 18 heavy (non-hydrogen) atoms. The second kappa shape index (κ2) is 4.67. The zero-order chi connectivity index (χ0) is 12.5. The molecular formula is C14H11ClN2S. The monoisotopic (exact) mass is 274 g/mol. The normalized spacial score (nSPS) is 11.0. The van der Waals surface area contributed by atoms with Crippen molar-refractivity contribution in [2.24, 2.45) is 0 Å². The summed E-state index contributed by atoms with van der Waals surface area (Å²) in [6, 6.07) is 14.2. The minimum atomic E-state index is 0.692. The Morgan fingerprint density at radius 1 is 1.17 bits per heavy atom. The van der Waals surface area contributed by atoms with E-state index in [2.05, 4.69) is 23.2 Å². The summed E-state index contributed by atoms with van der Waals surface area (Å²) in [4.78, 5) is 5.59. The lowest BCUT2D eigenvalue weighted by Crippen LogP contribution is -1.89. The van der Waals surface area contributed by atoms with Crippen molar-refractivity contribution in [1.29, 1.82) is 0 Å². The maximum Gasteiger partial charge on any atom is 0.151 e. The summed E-state index contributed by atoms with van der Waals surface area (Å²) in [5.41, 5.74) is 2.04. The molecule has 90 valence electrons. The molecule has 0 aliphatic heterocycles. The van der Waals surface area contributed by atoms with E-state index in [1.807, 2.05) is 41.4 Å². The molecule has 0 aliphatic rings. The summed E-state index contributed by atoms with van der Waals surface area (Å²) in [5, 5.41) is 1.76. The molecular weight excluding hydrogens is 264 g/mol. The number of halogens is 1. The lowest BCUT2D eigenvalue weighted by Gasteiger charge is -2.05. The molecule has 2 heterocycles. The Kier molecular flexibility index (Phi) is 3.02. The average molecular weight is 275 g/mol. The van der Waals surface area contributed by atoms with E-state index in [-0.39, 0.29) is 0 Å². The highest BCUT2D eigenvalue weighted by atomic mass is 35.5. The van der Waals surface area contributed by atoms with Gasteiger partial charge in [0.2, 0.25) is 0 Å². The molecule has 0 fully saturated rings. The number of hydrogen-bond acceptors (Lipinski definition) is 2. The average Bonchev–Trinajstić information content (AvgIpc) is 2.66. The molecule has 0 saturated carbocycles. The van der Waals surface area contributed by atoms with Crippen LogP contribution < -0.4 is 0 Å². The molecule has 0 atom stereocenters. The Balaban J connectivity index is 2.09. The molecule has 0 spiro atoms. The minimum absolute atomic E-state index is 0.692. The van der Waals surface area contributed by atoms with Gasteiger partial charge in [0, 0.05) is 16.5 Å². The summed E-state index contributed by atoms with van der Waals surface area (Å²) in [5.74, 6) is 0. The van der Waals surface area contributed by atoms with Gasteiger partial charge >= 0.3 is 0 Å². The molecule has 3 aromatic rings. The van der Waals surface area contributed by atoms with Crippen LogP contribution in [0.15, 0.2) is 53.6 Å². The first-order valence-electron chi connectivity index (χ1n) is 5.61. The van der Waals surface area contributed by atoms with Gasteiger partial charge in [-0.25, -0.2) is 4.98 Å². The molecule has 0 bridgehead atoms. The number of aromatic nitrogens is 2. The fourth-order valence-corrected chi connectivity index (χ4v) is 2.99. The fourth-order valence-electron chi connectivity index (χ4n) is 1.82. The van der Waals surface area contributed by atoms with Crippen LogP contribution in [0.3, 0.4) is 0 Å². The van der Waals surface area contributed by atoms with Gasteiger partial charge in [-0.05, 0) is 48.7 Å². The number of pyridine rings is 1. The number of benzene rings is 1. The largest absolute Gasteiger partial charge is 0.252 e. The van der Waals surface area contributed by atoms with E-state index in [4.69, 9.17) is 11.6 Å². The Labute approximate surface area is 115 Å². The Hall–Kier alpha value is -1.45. The van der Waals surface area contributed by atoms with E-state index in [1.165, 1.54) is 0 Å². The predicted molar refractivity (Wildman–Crippen MR) is 77.2 cm³/mol. The zero-order valence-electron chi connectivity index (χ0n) is 9.80. The van der Waals surface area contributed by atoms with E-state index < -0.39 is 0 Å². The summed E-state index contributed by atoms with van der Waals surface area (Å²) >= 11 is 7.85. The van der Waals surface area contributed by atoms with Gasteiger partial charge < -0.3 is 0 Å². The fraction of sp³-hybridized carbons (Fsp3) is 0.0714. The number of rotatable bonds is 2. The van der Waals surface area contributed by atoms with Crippen LogP contribution in [0.2, 0.25) is 5.15 Å². The lowest BCUT2D eigenvalue weighted by molar-refractivity contribution is 1.23. The molecule has 0 aliphatic carbocycles. The van der Waals surface area contributed by atoms with E-state index in [0.29, 0.717) is 5.15 Å². The lowest BCUT2D eigenvalue weighted by atomic mass is 10.2. The summed E-state index contributed by atoms with van der Waals surface area (Å²) in [7, 11) is 0. The standard InChI is InChI=1S/C14H11ClN2S/c1-10-7-11-8-13(15)17(14(11)16-9-10)18-12-5-3-2-4-6-12/h2-9H,1H3. The highest BCUT2D eigenvalue weighted by molar-refractivity contribution is 7.98. The summed E-state index contributed by atoms with van der Waals surface area (Å²) in [6.45, 7) is 2.03. The van der Waals surface area contributed by atoms with Gasteiger partial charge in [0.25, 0.3) is 0 Å². The van der Waals surface area contributed by atoms with Crippen LogP contribution in [0.25, 0.3) is 11.0 Å². The van der Waals surface area contributed by atoms with Gasteiger partial charge in [0.05, 0.1) is 0 Å². The molecule has 2 aromatic heterocycles. The SMILES string of the molecule is Cc1cnc2c(c1)cc(Cl)n2Sc1ccccc1. The van der Waals surface area contributed by atoms with Gasteiger partial charge in [-0.15, -0.1) is 0 Å². The number of aryl methyl sites for hydroxylation is 1. The van der Waals surface area contributed by atoms with Crippen LogP contribution in [-0.2, 0) is 0 Å². The molecule has 0 radical (unpaired) electrons. The third-order valence-electron chi connectivity index (χ3n) is 2.63. The second-order valence-corrected chi connectivity index (χ2v) is 5.50. The molecule has 0 unspecified atom stereocenters. The third-order valence-corrected chi connectivity index (χ3v) is 4.05. The Morgan fingerprint density at radius 2 is 1.94 bits per heavy atom. The molecule has 3 rings (SSSR count). The van der Waals surface area contributed by atoms with Crippen molar-refractivity contribution in [3.63, 3.8) is 0 Å². The van der Waals surface area contributed by atoms with Crippen LogP contribution in [0.4, 0.5) is 0 Å². The number of hydrogen-bond donors (Lipinski definition) is 0. The van der Waals surface area contributed by atoms with Crippen molar-refractivity contribution in [3.8, 4) is 0 Å². The quantitative estimate of drug-likeness (QED) is 0.682. The van der Waals surface area contributed by atoms with E-state index in [0.717, 1.165) is 21.5 Å².